The summed E-state index contributed by atoms with van der Waals surface area (Å²) in [4.78, 5) is 0.558. The second-order valence-corrected chi connectivity index (χ2v) is 11.2. The van der Waals surface area contributed by atoms with Gasteiger partial charge in [0.25, 0.3) is 0 Å². The van der Waals surface area contributed by atoms with E-state index in [9.17, 15) is 16.8 Å². The van der Waals surface area contributed by atoms with Crippen LogP contribution < -0.4 is 20.1 Å². The first kappa shape index (κ1) is 26.4. The van der Waals surface area contributed by atoms with Gasteiger partial charge in [0.15, 0.2) is 0 Å². The average molecular weight is 483 g/mol. The van der Waals surface area contributed by atoms with Crippen LogP contribution in [0.2, 0.25) is 0 Å². The molecule has 32 heavy (non-hydrogen) atoms. The third kappa shape index (κ3) is 9.35. The van der Waals surface area contributed by atoms with Crippen molar-refractivity contribution in [1.82, 2.24) is 20.1 Å². The highest BCUT2D eigenvalue weighted by atomic mass is 32.2. The number of benzene rings is 2. The smallest absolute Gasteiger partial charge is 0.240 e. The van der Waals surface area contributed by atoms with Gasteiger partial charge in [-0.25, -0.2) is 26.3 Å². The van der Waals surface area contributed by atoms with Crippen molar-refractivity contribution in [3.05, 3.63) is 59.7 Å². The van der Waals surface area contributed by atoms with Gasteiger partial charge in [-0.05, 0) is 64.0 Å². The molecule has 0 saturated heterocycles. The molecule has 10 heteroatoms. The second kappa shape index (κ2) is 13.0. The summed E-state index contributed by atoms with van der Waals surface area (Å²) in [5.41, 5.74) is 2.04. The van der Waals surface area contributed by atoms with Crippen molar-refractivity contribution in [2.24, 2.45) is 0 Å². The SMILES string of the molecule is Cc1ccc(S(=O)(=O)NCCCNCCNCCCNS(=O)(=O)c2ccc(C)cc2)cc1. The fourth-order valence-electron chi connectivity index (χ4n) is 2.87. The Kier molecular flexibility index (Phi) is 10.8. The van der Waals surface area contributed by atoms with Gasteiger partial charge in [-0.15, -0.1) is 0 Å². The summed E-state index contributed by atoms with van der Waals surface area (Å²) in [6.07, 6.45) is 1.37. The van der Waals surface area contributed by atoms with E-state index in [2.05, 4.69) is 20.1 Å². The Morgan fingerprint density at radius 3 is 1.22 bits per heavy atom. The zero-order valence-electron chi connectivity index (χ0n) is 18.7. The number of hydrogen-bond donors (Lipinski definition) is 4. The number of sulfonamides is 2. The van der Waals surface area contributed by atoms with Crippen molar-refractivity contribution in [1.29, 1.82) is 0 Å². The Morgan fingerprint density at radius 1 is 0.531 bits per heavy atom. The molecular formula is C22H34N4O4S2. The van der Waals surface area contributed by atoms with E-state index in [4.69, 9.17) is 0 Å². The van der Waals surface area contributed by atoms with Crippen molar-refractivity contribution in [3.8, 4) is 0 Å². The lowest BCUT2D eigenvalue weighted by Crippen LogP contribution is -2.32. The molecule has 2 aromatic carbocycles. The Balaban J connectivity index is 1.47. The highest BCUT2D eigenvalue weighted by Gasteiger charge is 2.13. The third-order valence-electron chi connectivity index (χ3n) is 4.79. The van der Waals surface area contributed by atoms with Gasteiger partial charge in [0.2, 0.25) is 20.0 Å². The van der Waals surface area contributed by atoms with Crippen LogP contribution in [0.15, 0.2) is 58.3 Å². The summed E-state index contributed by atoms with van der Waals surface area (Å²) in [5, 5.41) is 6.50. The standard InChI is InChI=1S/C22H34N4O4S2/c1-19-5-9-21(10-6-19)31(27,28)25-15-3-13-23-17-18-24-14-4-16-26-32(29,30)22-11-7-20(2)8-12-22/h5-12,23-26H,3-4,13-18H2,1-2H3. The van der Waals surface area contributed by atoms with Gasteiger partial charge in [0.1, 0.15) is 0 Å². The van der Waals surface area contributed by atoms with Crippen molar-refractivity contribution in [2.45, 2.75) is 36.5 Å². The van der Waals surface area contributed by atoms with E-state index in [-0.39, 0.29) is 9.79 Å². The molecule has 0 atom stereocenters. The molecule has 0 fully saturated rings. The summed E-state index contributed by atoms with van der Waals surface area (Å²) in [6.45, 7) is 7.48. The van der Waals surface area contributed by atoms with Gasteiger partial charge >= 0.3 is 0 Å². The molecule has 2 aromatic rings. The highest BCUT2D eigenvalue weighted by Crippen LogP contribution is 2.10. The first-order valence-corrected chi connectivity index (χ1v) is 13.7. The zero-order valence-corrected chi connectivity index (χ0v) is 20.4. The molecule has 2 rings (SSSR count). The second-order valence-electron chi connectivity index (χ2n) is 7.63. The molecule has 8 nitrogen and oxygen atoms in total. The van der Waals surface area contributed by atoms with E-state index in [1.807, 2.05) is 13.8 Å². The maximum atomic E-state index is 12.2. The van der Waals surface area contributed by atoms with Gasteiger partial charge in [0, 0.05) is 26.2 Å². The minimum atomic E-state index is -3.46. The molecule has 0 saturated carbocycles. The maximum absolute atomic E-state index is 12.2. The quantitative estimate of drug-likeness (QED) is 0.286. The fraction of sp³-hybridized carbons (Fsp3) is 0.455. The minimum absolute atomic E-state index is 0.279. The van der Waals surface area contributed by atoms with Gasteiger partial charge < -0.3 is 10.6 Å². The summed E-state index contributed by atoms with van der Waals surface area (Å²) in [5.74, 6) is 0. The molecular weight excluding hydrogens is 448 g/mol. The Morgan fingerprint density at radius 2 is 0.875 bits per heavy atom. The van der Waals surface area contributed by atoms with Crippen LogP contribution in [0.1, 0.15) is 24.0 Å². The number of rotatable bonds is 15. The number of nitrogens with one attached hydrogen (secondary N) is 4. The average Bonchev–Trinajstić information content (AvgIpc) is 2.75. The topological polar surface area (TPSA) is 116 Å². The summed E-state index contributed by atoms with van der Waals surface area (Å²) in [6, 6.07) is 13.5. The van der Waals surface area contributed by atoms with Crippen LogP contribution in [-0.4, -0.2) is 56.1 Å². The fourth-order valence-corrected chi connectivity index (χ4v) is 5.02. The van der Waals surface area contributed by atoms with Crippen LogP contribution in [0.25, 0.3) is 0 Å². The van der Waals surface area contributed by atoms with Crippen LogP contribution >= 0.6 is 0 Å². The van der Waals surface area contributed by atoms with Gasteiger partial charge in [-0.1, -0.05) is 35.4 Å². The molecule has 0 spiro atoms. The number of aryl methyl sites for hydroxylation is 2. The Labute approximate surface area is 192 Å². The third-order valence-corrected chi connectivity index (χ3v) is 7.74. The van der Waals surface area contributed by atoms with Crippen LogP contribution in [0, 0.1) is 13.8 Å². The molecule has 0 aliphatic rings. The molecule has 0 unspecified atom stereocenters. The Hall–Kier alpha value is -1.82. The molecule has 178 valence electrons. The van der Waals surface area contributed by atoms with Gasteiger partial charge in [-0.3, -0.25) is 0 Å². The summed E-state index contributed by atoms with van der Waals surface area (Å²) < 4.78 is 53.9. The van der Waals surface area contributed by atoms with E-state index in [0.717, 1.165) is 24.2 Å². The first-order valence-electron chi connectivity index (χ1n) is 10.7. The van der Waals surface area contributed by atoms with E-state index in [1.54, 1.807) is 48.5 Å². The van der Waals surface area contributed by atoms with E-state index in [1.165, 1.54) is 0 Å². The van der Waals surface area contributed by atoms with Crippen molar-refractivity contribution in [3.63, 3.8) is 0 Å². The van der Waals surface area contributed by atoms with Gasteiger partial charge in [-0.2, -0.15) is 0 Å². The maximum Gasteiger partial charge on any atom is 0.240 e. The van der Waals surface area contributed by atoms with Crippen LogP contribution in [0.3, 0.4) is 0 Å². The molecule has 0 heterocycles. The lowest BCUT2D eigenvalue weighted by atomic mass is 10.2. The van der Waals surface area contributed by atoms with Crippen LogP contribution in [0.4, 0.5) is 0 Å². The molecule has 0 aliphatic carbocycles. The molecule has 0 amide bonds. The highest BCUT2D eigenvalue weighted by molar-refractivity contribution is 7.89. The van der Waals surface area contributed by atoms with Crippen molar-refractivity contribution in [2.75, 3.05) is 39.3 Å². The van der Waals surface area contributed by atoms with Crippen LogP contribution in [0.5, 0.6) is 0 Å². The van der Waals surface area contributed by atoms with Gasteiger partial charge in [0.05, 0.1) is 9.79 Å². The largest absolute Gasteiger partial charge is 0.315 e. The van der Waals surface area contributed by atoms with E-state index in [0.29, 0.717) is 39.0 Å². The van der Waals surface area contributed by atoms with Crippen molar-refractivity contribution >= 4 is 20.0 Å². The summed E-state index contributed by atoms with van der Waals surface area (Å²) in [7, 11) is -6.91. The van der Waals surface area contributed by atoms with Crippen molar-refractivity contribution < 1.29 is 16.8 Å². The predicted octanol–water partition coefficient (Wildman–Crippen LogP) is 1.52. The Bertz CT molecular complexity index is 937. The van der Waals surface area contributed by atoms with E-state index >= 15 is 0 Å². The van der Waals surface area contributed by atoms with Crippen LogP contribution in [-0.2, 0) is 20.0 Å². The normalized spacial score (nSPS) is 12.2. The molecule has 0 aliphatic heterocycles. The first-order chi connectivity index (χ1) is 15.2. The summed E-state index contributed by atoms with van der Waals surface area (Å²) >= 11 is 0. The minimum Gasteiger partial charge on any atom is -0.315 e. The van der Waals surface area contributed by atoms with E-state index < -0.39 is 20.0 Å². The predicted molar refractivity (Wildman–Crippen MR) is 128 cm³/mol. The lowest BCUT2D eigenvalue weighted by Gasteiger charge is -2.09. The molecule has 0 aromatic heterocycles. The zero-order chi connectivity index (χ0) is 23.5. The monoisotopic (exact) mass is 482 g/mol. The number of hydrogen-bond acceptors (Lipinski definition) is 6. The molecule has 0 bridgehead atoms. The molecule has 4 N–H and O–H groups in total. The molecule has 0 radical (unpaired) electrons. The lowest BCUT2D eigenvalue weighted by molar-refractivity contribution is 0.559.